The van der Waals surface area contributed by atoms with Crippen LogP contribution in [0.3, 0.4) is 0 Å². The molecule has 4 heterocycles. The van der Waals surface area contributed by atoms with E-state index in [4.69, 9.17) is 15.0 Å². The fraction of sp³-hybridized carbons (Fsp3) is 0. The van der Waals surface area contributed by atoms with E-state index in [0.29, 0.717) is 17.5 Å². The third-order valence-electron chi connectivity index (χ3n) is 11.5. The molecule has 0 aliphatic heterocycles. The van der Waals surface area contributed by atoms with Crippen LogP contribution in [0.1, 0.15) is 0 Å². The van der Waals surface area contributed by atoms with E-state index in [-0.39, 0.29) is 0 Å². The average Bonchev–Trinajstić information content (AvgIpc) is 3.86. The SMILES string of the molecule is c1ccc(-c2nc(-c3ccccc3)nc(-c3cccc(-c4cccc(-n5c6ccccc6c6ccc7c(c8ccccc8c8cc9ccccc9n87)c65)c4)c3)n2)cc1. The van der Waals surface area contributed by atoms with Gasteiger partial charge in [0.2, 0.25) is 0 Å². The van der Waals surface area contributed by atoms with Gasteiger partial charge in [-0.25, -0.2) is 15.0 Å². The molecule has 0 aliphatic carbocycles. The first kappa shape index (κ1) is 32.4. The van der Waals surface area contributed by atoms with Crippen molar-refractivity contribution in [1.29, 1.82) is 0 Å². The summed E-state index contributed by atoms with van der Waals surface area (Å²) in [6.07, 6.45) is 0. The molecule has 270 valence electrons. The van der Waals surface area contributed by atoms with E-state index in [9.17, 15) is 0 Å². The number of fused-ring (bicyclic) bond motifs is 12. The smallest absolute Gasteiger partial charge is 0.164 e. The quantitative estimate of drug-likeness (QED) is 0.165. The van der Waals surface area contributed by atoms with Crippen LogP contribution in [0.5, 0.6) is 0 Å². The minimum atomic E-state index is 0.635. The van der Waals surface area contributed by atoms with Crippen LogP contribution in [0.15, 0.2) is 200 Å². The van der Waals surface area contributed by atoms with Crippen LogP contribution in [0.4, 0.5) is 0 Å². The Hall–Kier alpha value is -7.89. The molecule has 12 rings (SSSR count). The maximum atomic E-state index is 5.02. The minimum Gasteiger partial charge on any atom is -0.309 e. The van der Waals surface area contributed by atoms with Crippen molar-refractivity contribution in [3.8, 4) is 51.0 Å². The van der Waals surface area contributed by atoms with Crippen LogP contribution in [0.2, 0.25) is 0 Å². The van der Waals surface area contributed by atoms with Crippen LogP contribution < -0.4 is 0 Å². The molecule has 0 aliphatic rings. The summed E-state index contributed by atoms with van der Waals surface area (Å²) in [4.78, 5) is 15.0. The highest BCUT2D eigenvalue weighted by molar-refractivity contribution is 6.27. The molecule has 4 aromatic heterocycles. The molecule has 0 saturated heterocycles. The van der Waals surface area contributed by atoms with E-state index in [1.807, 2.05) is 60.7 Å². The standard InChI is InChI=1S/C53H33N5/c1-3-15-34(16-4-1)51-54-52(35-17-5-2-6-18-35)56-53(55-51)39-22-13-20-36(31-39)37-21-14-23-40(32-37)57-46-28-12-10-25-42(46)44-29-30-47-49(50(44)57)43-26-9-8-24-41(43)48-33-38-19-7-11-27-45(38)58(47)48/h1-33H. The maximum Gasteiger partial charge on any atom is 0.164 e. The largest absolute Gasteiger partial charge is 0.309 e. The molecule has 0 spiro atoms. The van der Waals surface area contributed by atoms with Crippen molar-refractivity contribution in [3.05, 3.63) is 200 Å². The van der Waals surface area contributed by atoms with E-state index in [2.05, 4.69) is 148 Å². The third kappa shape index (κ3) is 5.00. The normalized spacial score (nSPS) is 11.8. The van der Waals surface area contributed by atoms with Crippen molar-refractivity contribution in [3.63, 3.8) is 0 Å². The Bertz CT molecular complexity index is 3510. The van der Waals surface area contributed by atoms with Gasteiger partial charge >= 0.3 is 0 Å². The summed E-state index contributed by atoms with van der Waals surface area (Å²) in [6.45, 7) is 0. The van der Waals surface area contributed by atoms with Crippen molar-refractivity contribution in [2.45, 2.75) is 0 Å². The molecule has 0 saturated carbocycles. The predicted molar refractivity (Wildman–Crippen MR) is 239 cm³/mol. The lowest BCUT2D eigenvalue weighted by Gasteiger charge is -2.15. The fourth-order valence-corrected chi connectivity index (χ4v) is 8.90. The molecule has 58 heavy (non-hydrogen) atoms. The Balaban J connectivity index is 1.07. The molecular weight excluding hydrogens is 707 g/mol. The monoisotopic (exact) mass is 739 g/mol. The van der Waals surface area contributed by atoms with Crippen LogP contribution >= 0.6 is 0 Å². The zero-order valence-electron chi connectivity index (χ0n) is 31.3. The Morgan fingerprint density at radius 1 is 0.310 bits per heavy atom. The fourth-order valence-electron chi connectivity index (χ4n) is 8.90. The Kier molecular flexibility index (Phi) is 7.16. The van der Waals surface area contributed by atoms with Gasteiger partial charge in [0, 0.05) is 49.3 Å². The number of benzene rings is 8. The van der Waals surface area contributed by atoms with Crippen molar-refractivity contribution >= 4 is 59.9 Å². The molecular formula is C53H33N5. The molecule has 5 nitrogen and oxygen atoms in total. The molecule has 0 amide bonds. The predicted octanol–water partition coefficient (Wildman–Crippen LogP) is 13.3. The number of aromatic nitrogens is 5. The minimum absolute atomic E-state index is 0.635. The second kappa shape index (κ2) is 12.8. The van der Waals surface area contributed by atoms with Crippen LogP contribution in [-0.2, 0) is 0 Å². The highest BCUT2D eigenvalue weighted by atomic mass is 15.0. The van der Waals surface area contributed by atoms with Gasteiger partial charge in [-0.2, -0.15) is 0 Å². The van der Waals surface area contributed by atoms with Crippen molar-refractivity contribution < 1.29 is 0 Å². The first-order valence-corrected chi connectivity index (χ1v) is 19.6. The zero-order chi connectivity index (χ0) is 38.2. The van der Waals surface area contributed by atoms with Gasteiger partial charge in [0.15, 0.2) is 17.5 Å². The van der Waals surface area contributed by atoms with Crippen LogP contribution in [0, 0.1) is 0 Å². The van der Waals surface area contributed by atoms with E-state index < -0.39 is 0 Å². The summed E-state index contributed by atoms with van der Waals surface area (Å²) in [5, 5.41) is 7.42. The third-order valence-corrected chi connectivity index (χ3v) is 11.5. The highest BCUT2D eigenvalue weighted by Gasteiger charge is 2.20. The van der Waals surface area contributed by atoms with Gasteiger partial charge in [0.25, 0.3) is 0 Å². The molecule has 12 aromatic rings. The maximum absolute atomic E-state index is 5.02. The zero-order valence-corrected chi connectivity index (χ0v) is 31.3. The van der Waals surface area contributed by atoms with Gasteiger partial charge in [-0.05, 0) is 59.0 Å². The Morgan fingerprint density at radius 3 is 1.57 bits per heavy atom. The molecule has 0 fully saturated rings. The number of nitrogens with zero attached hydrogens (tertiary/aromatic N) is 5. The lowest BCUT2D eigenvalue weighted by molar-refractivity contribution is 1.07. The van der Waals surface area contributed by atoms with Gasteiger partial charge in [0.1, 0.15) is 0 Å². The Morgan fingerprint density at radius 2 is 0.845 bits per heavy atom. The molecule has 0 bridgehead atoms. The van der Waals surface area contributed by atoms with Crippen LogP contribution in [0.25, 0.3) is 111 Å². The van der Waals surface area contributed by atoms with E-state index >= 15 is 0 Å². The lowest BCUT2D eigenvalue weighted by atomic mass is 10.0. The van der Waals surface area contributed by atoms with E-state index in [1.165, 1.54) is 59.9 Å². The topological polar surface area (TPSA) is 48.0 Å². The van der Waals surface area contributed by atoms with Gasteiger partial charge in [0.05, 0.1) is 27.6 Å². The first-order chi connectivity index (χ1) is 28.8. The molecule has 0 radical (unpaired) electrons. The number of rotatable bonds is 5. The van der Waals surface area contributed by atoms with Gasteiger partial charge in [-0.3, -0.25) is 0 Å². The summed E-state index contributed by atoms with van der Waals surface area (Å²) < 4.78 is 4.92. The van der Waals surface area contributed by atoms with E-state index in [0.717, 1.165) is 33.5 Å². The highest BCUT2D eigenvalue weighted by Crippen LogP contribution is 2.42. The van der Waals surface area contributed by atoms with Gasteiger partial charge in [-0.15, -0.1) is 0 Å². The van der Waals surface area contributed by atoms with E-state index in [1.54, 1.807) is 0 Å². The van der Waals surface area contributed by atoms with Crippen molar-refractivity contribution in [2.75, 3.05) is 0 Å². The lowest BCUT2D eigenvalue weighted by Crippen LogP contribution is -2.00. The van der Waals surface area contributed by atoms with Gasteiger partial charge < -0.3 is 8.97 Å². The van der Waals surface area contributed by atoms with Gasteiger partial charge in [-0.1, -0.05) is 158 Å². The molecule has 0 N–H and O–H groups in total. The molecule has 8 aromatic carbocycles. The van der Waals surface area contributed by atoms with Crippen LogP contribution in [-0.4, -0.2) is 23.9 Å². The number of para-hydroxylation sites is 2. The molecule has 0 unspecified atom stereocenters. The summed E-state index contributed by atoms with van der Waals surface area (Å²) in [6, 6.07) is 71.0. The summed E-state index contributed by atoms with van der Waals surface area (Å²) in [7, 11) is 0. The summed E-state index contributed by atoms with van der Waals surface area (Å²) in [5.74, 6) is 1.93. The first-order valence-electron chi connectivity index (χ1n) is 19.6. The Labute approximate surface area is 333 Å². The average molecular weight is 740 g/mol. The summed E-state index contributed by atoms with van der Waals surface area (Å²) >= 11 is 0. The molecule has 5 heteroatoms. The molecule has 0 atom stereocenters. The summed E-state index contributed by atoms with van der Waals surface area (Å²) in [5.41, 5.74) is 12.1. The number of pyridine rings is 1. The number of hydrogen-bond acceptors (Lipinski definition) is 3. The van der Waals surface area contributed by atoms with Crippen molar-refractivity contribution in [1.82, 2.24) is 23.9 Å². The second-order valence-electron chi connectivity index (χ2n) is 14.8. The number of hydrogen-bond donors (Lipinski definition) is 0. The second-order valence-corrected chi connectivity index (χ2v) is 14.8. The van der Waals surface area contributed by atoms with Crippen molar-refractivity contribution in [2.24, 2.45) is 0 Å².